The third-order valence-electron chi connectivity index (χ3n) is 3.07. The summed E-state index contributed by atoms with van der Waals surface area (Å²) in [6.45, 7) is 8.02. The van der Waals surface area contributed by atoms with Gasteiger partial charge in [-0.1, -0.05) is 64.0 Å². The van der Waals surface area contributed by atoms with Crippen LogP contribution in [-0.2, 0) is 9.47 Å². The molecule has 0 aliphatic carbocycles. The van der Waals surface area contributed by atoms with Gasteiger partial charge in [0.05, 0.1) is 6.61 Å². The topological polar surface area (TPSA) is 18.5 Å². The Morgan fingerprint density at radius 1 is 0.800 bits per heavy atom. The molecule has 0 bridgehead atoms. The van der Waals surface area contributed by atoms with E-state index in [9.17, 15) is 0 Å². The van der Waals surface area contributed by atoms with Crippen LogP contribution in [0, 0.1) is 6.92 Å². The summed E-state index contributed by atoms with van der Waals surface area (Å²) in [5.41, 5.74) is 0. The Kier molecular flexibility index (Phi) is 24.3. The summed E-state index contributed by atoms with van der Waals surface area (Å²) in [6.07, 6.45) is 16.7. The third kappa shape index (κ3) is 20.6. The van der Waals surface area contributed by atoms with E-state index in [0.29, 0.717) is 6.79 Å². The molecule has 115 valence electrons. The van der Waals surface area contributed by atoms with Crippen LogP contribution in [-0.4, -0.2) is 38.9 Å². The molecule has 20 heavy (non-hydrogen) atoms. The zero-order valence-electron chi connectivity index (χ0n) is 12.9. The molecule has 0 unspecified atom stereocenters. The standard InChI is InChI=1S/C17H33O2.Li.H/c1-3-5-7-9-10-11-12-14-16-19-17-18-15-13-8-6-4-2;;/h6,8H,2-5,7,9-17H2,1H3;;/b8-6-;;. The molecule has 0 aliphatic heterocycles. The molecule has 1 radical (unpaired) electrons. The van der Waals surface area contributed by atoms with Crippen molar-refractivity contribution < 1.29 is 9.47 Å². The van der Waals surface area contributed by atoms with Gasteiger partial charge in [0.1, 0.15) is 6.79 Å². The second kappa shape index (κ2) is 21.6. The SMILES string of the molecule is [CH2]C/C=C\CCOCOCCCCCCCCCC.[LiH]. The second-order valence-electron chi connectivity index (χ2n) is 4.96. The van der Waals surface area contributed by atoms with Gasteiger partial charge in [0, 0.05) is 6.61 Å². The third-order valence-corrected chi connectivity index (χ3v) is 3.07. The van der Waals surface area contributed by atoms with Crippen LogP contribution in [0.3, 0.4) is 0 Å². The molecule has 0 aromatic carbocycles. The molecule has 0 saturated carbocycles. The van der Waals surface area contributed by atoms with Crippen molar-refractivity contribution in [1.82, 2.24) is 0 Å². The quantitative estimate of drug-likeness (QED) is 0.188. The summed E-state index contributed by atoms with van der Waals surface area (Å²) < 4.78 is 10.8. The molecule has 0 saturated heterocycles. The fourth-order valence-corrected chi connectivity index (χ4v) is 1.90. The van der Waals surface area contributed by atoms with Gasteiger partial charge in [0.25, 0.3) is 0 Å². The van der Waals surface area contributed by atoms with Crippen molar-refractivity contribution in [2.24, 2.45) is 0 Å². The van der Waals surface area contributed by atoms with Crippen LogP contribution in [0.5, 0.6) is 0 Å². The molecule has 0 N–H and O–H groups in total. The van der Waals surface area contributed by atoms with Gasteiger partial charge in [-0.2, -0.15) is 0 Å². The minimum atomic E-state index is 0. The van der Waals surface area contributed by atoms with Crippen molar-refractivity contribution in [3.63, 3.8) is 0 Å². The normalized spacial score (nSPS) is 10.9. The van der Waals surface area contributed by atoms with Gasteiger partial charge in [0.2, 0.25) is 0 Å². The van der Waals surface area contributed by atoms with Gasteiger partial charge >= 0.3 is 18.9 Å². The molecular formula is C17H34LiO2. The summed E-state index contributed by atoms with van der Waals surface area (Å²) in [7, 11) is 0. The van der Waals surface area contributed by atoms with E-state index in [0.717, 1.165) is 26.1 Å². The molecule has 0 aliphatic rings. The van der Waals surface area contributed by atoms with Gasteiger partial charge in [-0.25, -0.2) is 0 Å². The molecule has 0 atom stereocenters. The maximum atomic E-state index is 5.43. The van der Waals surface area contributed by atoms with Crippen molar-refractivity contribution in [2.45, 2.75) is 71.1 Å². The van der Waals surface area contributed by atoms with E-state index in [4.69, 9.17) is 9.47 Å². The van der Waals surface area contributed by atoms with E-state index >= 15 is 0 Å². The fourth-order valence-electron chi connectivity index (χ4n) is 1.90. The average molecular weight is 277 g/mol. The summed E-state index contributed by atoms with van der Waals surface area (Å²) in [5.74, 6) is 0. The Morgan fingerprint density at radius 2 is 1.40 bits per heavy atom. The Morgan fingerprint density at radius 3 is 2.05 bits per heavy atom. The van der Waals surface area contributed by atoms with Crippen molar-refractivity contribution in [1.29, 1.82) is 0 Å². The number of allylic oxidation sites excluding steroid dienone is 1. The zero-order chi connectivity index (χ0) is 14.0. The fraction of sp³-hybridized carbons (Fsp3) is 0.824. The van der Waals surface area contributed by atoms with Crippen molar-refractivity contribution >= 4 is 18.9 Å². The van der Waals surface area contributed by atoms with E-state index < -0.39 is 0 Å². The van der Waals surface area contributed by atoms with Crippen molar-refractivity contribution in [2.75, 3.05) is 20.0 Å². The molecule has 0 aromatic rings. The molecule has 0 aromatic heterocycles. The van der Waals surface area contributed by atoms with Crippen LogP contribution >= 0.6 is 0 Å². The Balaban J connectivity index is 0. The van der Waals surface area contributed by atoms with Gasteiger partial charge in [-0.15, -0.1) is 0 Å². The summed E-state index contributed by atoms with van der Waals surface area (Å²) in [4.78, 5) is 0. The van der Waals surface area contributed by atoms with Crippen LogP contribution in [0.25, 0.3) is 0 Å². The summed E-state index contributed by atoms with van der Waals surface area (Å²) >= 11 is 0. The minimum absolute atomic E-state index is 0. The first-order chi connectivity index (χ1) is 9.41. The monoisotopic (exact) mass is 277 g/mol. The second-order valence-corrected chi connectivity index (χ2v) is 4.96. The first-order valence-electron chi connectivity index (χ1n) is 8.01. The molecule has 0 amide bonds. The van der Waals surface area contributed by atoms with Gasteiger partial charge in [-0.05, 0) is 26.2 Å². The number of unbranched alkanes of at least 4 members (excludes halogenated alkanes) is 7. The summed E-state index contributed by atoms with van der Waals surface area (Å²) in [5, 5.41) is 0. The average Bonchev–Trinajstić information content (AvgIpc) is 2.43. The summed E-state index contributed by atoms with van der Waals surface area (Å²) in [6, 6.07) is 0. The first-order valence-corrected chi connectivity index (χ1v) is 8.01. The molecule has 0 rings (SSSR count). The van der Waals surface area contributed by atoms with Crippen LogP contribution in [0.15, 0.2) is 12.2 Å². The van der Waals surface area contributed by atoms with E-state index in [1.54, 1.807) is 0 Å². The van der Waals surface area contributed by atoms with E-state index in [1.165, 1.54) is 51.4 Å². The van der Waals surface area contributed by atoms with Gasteiger partial charge in [-0.3, -0.25) is 0 Å². The molecule has 0 heterocycles. The Hall–Kier alpha value is 0.257. The number of hydrogen-bond acceptors (Lipinski definition) is 2. The van der Waals surface area contributed by atoms with E-state index in [2.05, 4.69) is 26.0 Å². The number of ether oxygens (including phenoxy) is 2. The van der Waals surface area contributed by atoms with Crippen LogP contribution in [0.1, 0.15) is 71.1 Å². The molecule has 0 spiro atoms. The Bertz CT molecular complexity index is 184. The van der Waals surface area contributed by atoms with Crippen LogP contribution < -0.4 is 0 Å². The van der Waals surface area contributed by atoms with Crippen LogP contribution in [0.2, 0.25) is 0 Å². The van der Waals surface area contributed by atoms with Gasteiger partial charge < -0.3 is 9.47 Å². The van der Waals surface area contributed by atoms with Crippen molar-refractivity contribution in [3.05, 3.63) is 19.1 Å². The van der Waals surface area contributed by atoms with Gasteiger partial charge in [0.15, 0.2) is 0 Å². The molecule has 2 nitrogen and oxygen atoms in total. The number of rotatable bonds is 15. The first kappa shape index (κ1) is 22.5. The van der Waals surface area contributed by atoms with Crippen LogP contribution in [0.4, 0.5) is 0 Å². The number of hydrogen-bond donors (Lipinski definition) is 0. The molecule has 0 fully saturated rings. The predicted molar refractivity (Wildman–Crippen MR) is 90.3 cm³/mol. The van der Waals surface area contributed by atoms with E-state index in [-0.39, 0.29) is 18.9 Å². The molecular weight excluding hydrogens is 243 g/mol. The predicted octanol–water partition coefficient (Wildman–Crippen LogP) is 4.64. The molecule has 3 heteroatoms. The Labute approximate surface area is 138 Å². The van der Waals surface area contributed by atoms with Crippen molar-refractivity contribution in [3.8, 4) is 0 Å². The zero-order valence-corrected chi connectivity index (χ0v) is 12.9. The van der Waals surface area contributed by atoms with E-state index in [1.807, 2.05) is 0 Å². The maximum absolute atomic E-state index is 5.43.